The Hall–Kier alpha value is -3.06. The van der Waals surface area contributed by atoms with E-state index in [4.69, 9.17) is 14.2 Å². The summed E-state index contributed by atoms with van der Waals surface area (Å²) in [5, 5.41) is 2.75. The number of nitrogens with one attached hydrogen (secondary N) is 1. The first-order valence-corrected chi connectivity index (χ1v) is 10.1. The molecule has 1 saturated heterocycles. The van der Waals surface area contributed by atoms with Crippen molar-refractivity contribution in [2.75, 3.05) is 38.8 Å². The van der Waals surface area contributed by atoms with E-state index in [-0.39, 0.29) is 18.6 Å². The second-order valence-corrected chi connectivity index (χ2v) is 7.38. The first-order valence-electron chi connectivity index (χ1n) is 10.1. The molecule has 1 fully saturated rings. The summed E-state index contributed by atoms with van der Waals surface area (Å²) in [5.41, 5.74) is 2.42. The van der Waals surface area contributed by atoms with Crippen LogP contribution in [0.15, 0.2) is 48.5 Å². The van der Waals surface area contributed by atoms with Gasteiger partial charge in [0.05, 0.1) is 11.7 Å². The molecule has 0 saturated carbocycles. The van der Waals surface area contributed by atoms with Crippen LogP contribution in [0.4, 0.5) is 5.69 Å². The largest absolute Gasteiger partial charge is 0.491 e. The second-order valence-electron chi connectivity index (χ2n) is 7.38. The molecule has 3 rings (SSSR count). The summed E-state index contributed by atoms with van der Waals surface area (Å²) >= 11 is 0. The lowest BCUT2D eigenvalue weighted by atomic mass is 10.2. The van der Waals surface area contributed by atoms with E-state index in [2.05, 4.69) is 5.32 Å². The number of amides is 1. The maximum Gasteiger partial charge on any atom is 0.338 e. The van der Waals surface area contributed by atoms with Gasteiger partial charge in [-0.3, -0.25) is 4.79 Å². The predicted molar refractivity (Wildman–Crippen MR) is 114 cm³/mol. The van der Waals surface area contributed by atoms with Crippen LogP contribution in [0.3, 0.4) is 0 Å². The van der Waals surface area contributed by atoms with Crippen LogP contribution in [-0.4, -0.2) is 51.9 Å². The van der Waals surface area contributed by atoms with E-state index in [0.717, 1.165) is 30.7 Å². The molecular weight excluding hydrogens is 384 g/mol. The number of carbonyl (C=O) groups is 2. The van der Waals surface area contributed by atoms with E-state index in [1.54, 1.807) is 24.3 Å². The molecule has 1 aliphatic heterocycles. The molecule has 0 aliphatic carbocycles. The molecule has 2 aromatic rings. The molecule has 1 heterocycles. The van der Waals surface area contributed by atoms with Crippen molar-refractivity contribution in [3.8, 4) is 5.75 Å². The first kappa shape index (κ1) is 21.6. The fourth-order valence-corrected chi connectivity index (χ4v) is 3.03. The first-order chi connectivity index (χ1) is 14.5. The third-order valence-electron chi connectivity index (χ3n) is 4.83. The zero-order valence-corrected chi connectivity index (χ0v) is 17.4. The van der Waals surface area contributed by atoms with Crippen LogP contribution in [0.5, 0.6) is 5.75 Å². The zero-order valence-electron chi connectivity index (χ0n) is 17.4. The average Bonchev–Trinajstić information content (AvgIpc) is 3.29. The molecule has 1 atom stereocenters. The quantitative estimate of drug-likeness (QED) is 0.639. The van der Waals surface area contributed by atoms with E-state index in [1.807, 2.05) is 43.3 Å². The lowest BCUT2D eigenvalue weighted by molar-refractivity contribution is -0.124. The van der Waals surface area contributed by atoms with Crippen molar-refractivity contribution < 1.29 is 23.8 Å². The van der Waals surface area contributed by atoms with Gasteiger partial charge in [0.25, 0.3) is 5.91 Å². The molecule has 7 heteroatoms. The Bertz CT molecular complexity index is 828. The van der Waals surface area contributed by atoms with Gasteiger partial charge in [-0.05, 0) is 54.8 Å². The summed E-state index contributed by atoms with van der Waals surface area (Å²) in [7, 11) is 3.94. The van der Waals surface area contributed by atoms with Crippen molar-refractivity contribution in [3.05, 3.63) is 59.7 Å². The summed E-state index contributed by atoms with van der Waals surface area (Å²) in [6, 6.07) is 14.5. The normalized spacial score (nSPS) is 15.5. The van der Waals surface area contributed by atoms with Gasteiger partial charge in [-0.15, -0.1) is 0 Å². The lowest BCUT2D eigenvalue weighted by Crippen LogP contribution is -2.28. The van der Waals surface area contributed by atoms with Crippen LogP contribution in [0.1, 0.15) is 28.8 Å². The van der Waals surface area contributed by atoms with Crippen molar-refractivity contribution in [2.45, 2.75) is 25.5 Å². The molecule has 2 aromatic carbocycles. The van der Waals surface area contributed by atoms with Gasteiger partial charge in [-0.25, -0.2) is 4.79 Å². The molecule has 1 aliphatic rings. The molecule has 1 amide bonds. The molecule has 7 nitrogen and oxygen atoms in total. The maximum atomic E-state index is 12.1. The van der Waals surface area contributed by atoms with Crippen LogP contribution in [-0.2, 0) is 20.8 Å². The highest BCUT2D eigenvalue weighted by molar-refractivity contribution is 5.91. The summed E-state index contributed by atoms with van der Waals surface area (Å²) in [6.07, 6.45) is 2.21. The molecule has 0 unspecified atom stereocenters. The number of esters is 1. The molecule has 0 spiro atoms. The summed E-state index contributed by atoms with van der Waals surface area (Å²) in [5.74, 6) is -0.234. The number of hydrogen-bond acceptors (Lipinski definition) is 6. The van der Waals surface area contributed by atoms with Gasteiger partial charge in [0.15, 0.2) is 6.61 Å². The van der Waals surface area contributed by atoms with Crippen molar-refractivity contribution in [3.63, 3.8) is 0 Å². The Morgan fingerprint density at radius 3 is 2.47 bits per heavy atom. The highest BCUT2D eigenvalue weighted by Gasteiger charge is 2.16. The van der Waals surface area contributed by atoms with Crippen LogP contribution < -0.4 is 15.0 Å². The van der Waals surface area contributed by atoms with Gasteiger partial charge in [-0.2, -0.15) is 0 Å². The third kappa shape index (κ3) is 6.49. The standard InChI is InChI=1S/C23H28N2O5/c1-25(2)19-9-5-17(6-10-19)14-24-22(26)16-30-23(27)18-7-11-20(12-8-18)29-15-21-4-3-13-28-21/h5-12,21H,3-4,13-16H2,1-2H3,(H,24,26)/t21-/m1/s1. The molecule has 0 radical (unpaired) electrons. The smallest absolute Gasteiger partial charge is 0.338 e. The maximum absolute atomic E-state index is 12.1. The molecule has 30 heavy (non-hydrogen) atoms. The van der Waals surface area contributed by atoms with E-state index < -0.39 is 5.97 Å². The van der Waals surface area contributed by atoms with E-state index in [9.17, 15) is 9.59 Å². The van der Waals surface area contributed by atoms with Crippen molar-refractivity contribution in [1.29, 1.82) is 0 Å². The molecule has 0 bridgehead atoms. The monoisotopic (exact) mass is 412 g/mol. The van der Waals surface area contributed by atoms with Gasteiger partial charge in [-0.1, -0.05) is 12.1 Å². The van der Waals surface area contributed by atoms with E-state index in [1.165, 1.54) is 0 Å². The number of hydrogen-bond donors (Lipinski definition) is 1. The molecule has 1 N–H and O–H groups in total. The summed E-state index contributed by atoms with van der Waals surface area (Å²) < 4.78 is 16.3. The van der Waals surface area contributed by atoms with Gasteiger partial charge in [0.1, 0.15) is 12.4 Å². The van der Waals surface area contributed by atoms with Crippen molar-refractivity contribution in [1.82, 2.24) is 5.32 Å². The van der Waals surface area contributed by atoms with Gasteiger partial charge < -0.3 is 24.4 Å². The number of anilines is 1. The topological polar surface area (TPSA) is 77.1 Å². The number of rotatable bonds is 9. The van der Waals surface area contributed by atoms with Crippen molar-refractivity contribution >= 4 is 17.6 Å². The third-order valence-corrected chi connectivity index (χ3v) is 4.83. The lowest BCUT2D eigenvalue weighted by Gasteiger charge is -2.13. The molecule has 0 aromatic heterocycles. The number of ether oxygens (including phenoxy) is 3. The summed E-state index contributed by atoms with van der Waals surface area (Å²) in [6.45, 7) is 1.34. The van der Waals surface area contributed by atoms with Gasteiger partial charge >= 0.3 is 5.97 Å². The second kappa shape index (κ2) is 10.6. The predicted octanol–water partition coefficient (Wildman–Crippen LogP) is 2.78. The van der Waals surface area contributed by atoms with Gasteiger partial charge in [0.2, 0.25) is 0 Å². The number of benzene rings is 2. The average molecular weight is 412 g/mol. The Kier molecular flexibility index (Phi) is 7.68. The van der Waals surface area contributed by atoms with Gasteiger partial charge in [0, 0.05) is 32.9 Å². The van der Waals surface area contributed by atoms with Crippen LogP contribution in [0.2, 0.25) is 0 Å². The van der Waals surface area contributed by atoms with Crippen molar-refractivity contribution in [2.24, 2.45) is 0 Å². The van der Waals surface area contributed by atoms with E-state index in [0.29, 0.717) is 24.5 Å². The van der Waals surface area contributed by atoms with Crippen LogP contribution >= 0.6 is 0 Å². The fourth-order valence-electron chi connectivity index (χ4n) is 3.03. The minimum atomic E-state index is -0.550. The van der Waals surface area contributed by atoms with Crippen LogP contribution in [0.25, 0.3) is 0 Å². The minimum Gasteiger partial charge on any atom is -0.491 e. The molecule has 160 valence electrons. The SMILES string of the molecule is CN(C)c1ccc(CNC(=O)COC(=O)c2ccc(OC[C@H]3CCCO3)cc2)cc1. The molecular formula is C23H28N2O5. The fraction of sp³-hybridized carbons (Fsp3) is 0.391. The number of carbonyl (C=O) groups excluding carboxylic acids is 2. The van der Waals surface area contributed by atoms with Crippen LogP contribution in [0, 0.1) is 0 Å². The Morgan fingerprint density at radius 2 is 1.83 bits per heavy atom. The Morgan fingerprint density at radius 1 is 1.10 bits per heavy atom. The Balaban J connectivity index is 1.38. The highest BCUT2D eigenvalue weighted by Crippen LogP contribution is 2.17. The number of nitrogens with zero attached hydrogens (tertiary/aromatic N) is 1. The van der Waals surface area contributed by atoms with E-state index >= 15 is 0 Å². The zero-order chi connectivity index (χ0) is 21.3. The Labute approximate surface area is 176 Å². The highest BCUT2D eigenvalue weighted by atomic mass is 16.5. The minimum absolute atomic E-state index is 0.138. The summed E-state index contributed by atoms with van der Waals surface area (Å²) in [4.78, 5) is 26.1.